The molecule has 2 aliphatic rings. The van der Waals surface area contributed by atoms with E-state index in [0.29, 0.717) is 24.5 Å². The summed E-state index contributed by atoms with van der Waals surface area (Å²) in [5.74, 6) is -2.27. The summed E-state index contributed by atoms with van der Waals surface area (Å²) in [5, 5.41) is 3.07. The number of hydrogen-bond donors (Lipinski definition) is 1. The molecule has 0 amide bonds. The van der Waals surface area contributed by atoms with Crippen molar-refractivity contribution in [1.82, 2.24) is 10.3 Å². The second-order valence-electron chi connectivity index (χ2n) is 4.80. The highest BCUT2D eigenvalue weighted by Gasteiger charge is 2.48. The van der Waals surface area contributed by atoms with Crippen LogP contribution in [0.2, 0.25) is 0 Å². The standard InChI is InChI=1S/C14H15N3O5/c1-20-11-6-10(7-16-8-11)17-5-4-15-9-14(17)21-12(18)2-3-13(19)22-14/h2-3,6-8,15H,4-5,9H2,1H3. The third kappa shape index (κ3) is 2.60. The van der Waals surface area contributed by atoms with Gasteiger partial charge in [-0.15, -0.1) is 0 Å². The van der Waals surface area contributed by atoms with Crippen molar-refractivity contribution in [3.05, 3.63) is 30.6 Å². The van der Waals surface area contributed by atoms with E-state index in [-0.39, 0.29) is 6.54 Å². The topological polar surface area (TPSA) is 90.0 Å². The molecule has 1 fully saturated rings. The molecule has 0 saturated carbocycles. The highest BCUT2D eigenvalue weighted by atomic mass is 16.8. The van der Waals surface area contributed by atoms with Gasteiger partial charge < -0.3 is 19.5 Å². The second kappa shape index (κ2) is 5.64. The zero-order valence-electron chi connectivity index (χ0n) is 11.9. The van der Waals surface area contributed by atoms with Crippen LogP contribution in [0.4, 0.5) is 5.69 Å². The van der Waals surface area contributed by atoms with Gasteiger partial charge in [0.2, 0.25) is 0 Å². The van der Waals surface area contributed by atoms with Crippen molar-refractivity contribution in [2.75, 3.05) is 31.6 Å². The molecule has 8 heteroatoms. The molecule has 2 aliphatic heterocycles. The molecular formula is C14H15N3O5. The molecule has 116 valence electrons. The number of rotatable bonds is 2. The molecule has 22 heavy (non-hydrogen) atoms. The van der Waals surface area contributed by atoms with E-state index in [0.717, 1.165) is 12.2 Å². The van der Waals surface area contributed by atoms with Gasteiger partial charge in [-0.05, 0) is 0 Å². The van der Waals surface area contributed by atoms with Crippen LogP contribution in [0.25, 0.3) is 0 Å². The van der Waals surface area contributed by atoms with Gasteiger partial charge in [0, 0.05) is 31.3 Å². The summed E-state index contributed by atoms with van der Waals surface area (Å²) in [4.78, 5) is 29.3. The monoisotopic (exact) mass is 305 g/mol. The molecule has 0 unspecified atom stereocenters. The first-order valence-electron chi connectivity index (χ1n) is 6.74. The van der Waals surface area contributed by atoms with E-state index in [4.69, 9.17) is 14.2 Å². The van der Waals surface area contributed by atoms with Crippen LogP contribution in [0.5, 0.6) is 5.75 Å². The highest BCUT2D eigenvalue weighted by Crippen LogP contribution is 2.31. The van der Waals surface area contributed by atoms with Gasteiger partial charge >= 0.3 is 17.8 Å². The molecule has 1 N–H and O–H groups in total. The number of carbonyl (C=O) groups is 2. The van der Waals surface area contributed by atoms with E-state index in [1.54, 1.807) is 23.4 Å². The summed E-state index contributed by atoms with van der Waals surface area (Å²) in [5.41, 5.74) is 0.628. The number of hydrogen-bond acceptors (Lipinski definition) is 8. The van der Waals surface area contributed by atoms with Crippen molar-refractivity contribution < 1.29 is 23.8 Å². The van der Waals surface area contributed by atoms with Gasteiger partial charge in [-0.25, -0.2) is 9.59 Å². The number of esters is 2. The molecule has 0 radical (unpaired) electrons. The largest absolute Gasteiger partial charge is 0.495 e. The normalized spacial score (nSPS) is 20.3. The first-order valence-corrected chi connectivity index (χ1v) is 6.74. The van der Waals surface area contributed by atoms with Crippen LogP contribution in [0.3, 0.4) is 0 Å². The number of ether oxygens (including phenoxy) is 3. The fourth-order valence-electron chi connectivity index (χ4n) is 2.42. The fourth-order valence-corrected chi connectivity index (χ4v) is 2.42. The van der Waals surface area contributed by atoms with Crippen LogP contribution in [0, 0.1) is 0 Å². The molecule has 0 aliphatic carbocycles. The van der Waals surface area contributed by atoms with Crippen LogP contribution in [-0.2, 0) is 19.1 Å². The Morgan fingerprint density at radius 2 is 2.00 bits per heavy atom. The molecule has 8 nitrogen and oxygen atoms in total. The lowest BCUT2D eigenvalue weighted by Crippen LogP contribution is -2.65. The first-order chi connectivity index (χ1) is 10.6. The summed E-state index contributed by atoms with van der Waals surface area (Å²) in [6.45, 7) is 1.26. The summed E-state index contributed by atoms with van der Waals surface area (Å²) in [6.07, 6.45) is 5.25. The molecule has 3 heterocycles. The van der Waals surface area contributed by atoms with Gasteiger partial charge in [0.05, 0.1) is 31.7 Å². The second-order valence-corrected chi connectivity index (χ2v) is 4.80. The molecule has 0 atom stereocenters. The van der Waals surface area contributed by atoms with Crippen molar-refractivity contribution in [2.45, 2.75) is 5.91 Å². The lowest BCUT2D eigenvalue weighted by atomic mass is 10.2. The average Bonchev–Trinajstić information content (AvgIpc) is 2.66. The number of nitrogens with one attached hydrogen (secondary N) is 1. The number of piperazine rings is 1. The zero-order chi connectivity index (χ0) is 15.6. The summed E-state index contributed by atoms with van der Waals surface area (Å²) in [6, 6.07) is 1.74. The van der Waals surface area contributed by atoms with Gasteiger partial charge in [-0.1, -0.05) is 0 Å². The minimum Gasteiger partial charge on any atom is -0.495 e. The van der Waals surface area contributed by atoms with Crippen molar-refractivity contribution in [2.24, 2.45) is 0 Å². The predicted octanol–water partition coefficient (Wildman–Crippen LogP) is -0.190. The number of carbonyl (C=O) groups excluding carboxylic acids is 2. The van der Waals surface area contributed by atoms with E-state index in [9.17, 15) is 9.59 Å². The van der Waals surface area contributed by atoms with Gasteiger partial charge in [0.15, 0.2) is 0 Å². The minimum absolute atomic E-state index is 0.156. The third-order valence-corrected chi connectivity index (χ3v) is 3.39. The van der Waals surface area contributed by atoms with Crippen LogP contribution in [0.15, 0.2) is 30.6 Å². The molecule has 1 spiro atoms. The number of pyridine rings is 1. The SMILES string of the molecule is COc1cncc(N2CCNCC23OC(=O)C=CC(=O)O3)c1. The Balaban J connectivity index is 1.99. The minimum atomic E-state index is -1.54. The summed E-state index contributed by atoms with van der Waals surface area (Å²) >= 11 is 0. The Kier molecular flexibility index (Phi) is 3.68. The van der Waals surface area contributed by atoms with Gasteiger partial charge in [-0.3, -0.25) is 9.88 Å². The van der Waals surface area contributed by atoms with Crippen molar-refractivity contribution in [3.63, 3.8) is 0 Å². The highest BCUT2D eigenvalue weighted by molar-refractivity contribution is 5.93. The van der Waals surface area contributed by atoms with E-state index in [1.807, 2.05) is 0 Å². The van der Waals surface area contributed by atoms with E-state index >= 15 is 0 Å². The van der Waals surface area contributed by atoms with Crippen LogP contribution in [-0.4, -0.2) is 49.6 Å². The average molecular weight is 305 g/mol. The molecule has 3 rings (SSSR count). The number of anilines is 1. The quantitative estimate of drug-likeness (QED) is 0.752. The van der Waals surface area contributed by atoms with Gasteiger partial charge in [0.25, 0.3) is 0 Å². The Bertz CT molecular complexity index is 611. The van der Waals surface area contributed by atoms with Crippen LogP contribution >= 0.6 is 0 Å². The van der Waals surface area contributed by atoms with Gasteiger partial charge in [-0.2, -0.15) is 0 Å². The van der Waals surface area contributed by atoms with E-state index in [2.05, 4.69) is 10.3 Å². The van der Waals surface area contributed by atoms with E-state index < -0.39 is 17.8 Å². The Morgan fingerprint density at radius 1 is 1.27 bits per heavy atom. The first kappa shape index (κ1) is 14.3. The number of nitrogens with zero attached hydrogens (tertiary/aromatic N) is 2. The summed E-state index contributed by atoms with van der Waals surface area (Å²) < 4.78 is 15.9. The van der Waals surface area contributed by atoms with Crippen molar-refractivity contribution >= 4 is 17.6 Å². The Morgan fingerprint density at radius 3 is 2.68 bits per heavy atom. The van der Waals surface area contributed by atoms with Gasteiger partial charge in [0.1, 0.15) is 5.75 Å². The molecule has 0 aromatic carbocycles. The Hall–Kier alpha value is -2.61. The fraction of sp³-hybridized carbons (Fsp3) is 0.357. The van der Waals surface area contributed by atoms with E-state index in [1.165, 1.54) is 7.11 Å². The Labute approximate surface area is 126 Å². The lowest BCUT2D eigenvalue weighted by Gasteiger charge is -2.44. The maximum atomic E-state index is 11.8. The maximum Gasteiger partial charge on any atom is 0.356 e. The third-order valence-electron chi connectivity index (χ3n) is 3.39. The van der Waals surface area contributed by atoms with Crippen molar-refractivity contribution in [1.29, 1.82) is 0 Å². The lowest BCUT2D eigenvalue weighted by molar-refractivity contribution is -0.221. The maximum absolute atomic E-state index is 11.8. The summed E-state index contributed by atoms with van der Waals surface area (Å²) in [7, 11) is 1.53. The molecule has 1 aromatic heterocycles. The zero-order valence-corrected chi connectivity index (χ0v) is 11.9. The molecular weight excluding hydrogens is 290 g/mol. The van der Waals surface area contributed by atoms with Crippen molar-refractivity contribution in [3.8, 4) is 5.75 Å². The molecule has 1 saturated heterocycles. The van der Waals surface area contributed by atoms with Crippen LogP contribution < -0.4 is 15.0 Å². The molecule has 1 aromatic rings. The van der Waals surface area contributed by atoms with Crippen LogP contribution in [0.1, 0.15) is 0 Å². The number of methoxy groups -OCH3 is 1. The number of aromatic nitrogens is 1. The molecule has 0 bridgehead atoms. The predicted molar refractivity (Wildman–Crippen MR) is 75.1 cm³/mol. The smallest absolute Gasteiger partial charge is 0.356 e.